The van der Waals surface area contributed by atoms with E-state index in [2.05, 4.69) is 46.0 Å². The van der Waals surface area contributed by atoms with Crippen molar-refractivity contribution in [3.8, 4) is 0 Å². The molecule has 27 heavy (non-hydrogen) atoms. The Kier molecular flexibility index (Phi) is 3.94. The van der Waals surface area contributed by atoms with Crippen molar-refractivity contribution >= 4 is 14.1 Å². The molecule has 4 unspecified atom stereocenters. The number of carbonyl (C=O) groups is 1. The van der Waals surface area contributed by atoms with Crippen LogP contribution in [0.25, 0.3) is 0 Å². The van der Waals surface area contributed by atoms with Crippen LogP contribution in [0.5, 0.6) is 0 Å². The van der Waals surface area contributed by atoms with Crippen LogP contribution in [-0.2, 0) is 9.22 Å². The largest absolute Gasteiger partial charge is 0.547 e. The van der Waals surface area contributed by atoms with E-state index in [9.17, 15) is 4.79 Å². The first-order chi connectivity index (χ1) is 12.7. The summed E-state index contributed by atoms with van der Waals surface area (Å²) >= 11 is 0. The van der Waals surface area contributed by atoms with Crippen molar-refractivity contribution < 1.29 is 9.22 Å². The summed E-state index contributed by atoms with van der Waals surface area (Å²) < 4.78 is 6.97. The van der Waals surface area contributed by atoms with Crippen LogP contribution in [0.4, 0.5) is 0 Å². The lowest BCUT2D eigenvalue weighted by Crippen LogP contribution is -2.43. The van der Waals surface area contributed by atoms with E-state index in [0.717, 1.165) is 6.42 Å². The highest BCUT2D eigenvalue weighted by Gasteiger charge is 2.63. The predicted molar refractivity (Wildman–Crippen MR) is 112 cm³/mol. The molecule has 148 valence electrons. The zero-order valence-electron chi connectivity index (χ0n) is 17.8. The Bertz CT molecular complexity index is 725. The first kappa shape index (κ1) is 18.2. The van der Waals surface area contributed by atoms with Gasteiger partial charge in [-0.2, -0.15) is 0 Å². The summed E-state index contributed by atoms with van der Waals surface area (Å²) in [7, 11) is -1.84. The Hall–Kier alpha value is -0.833. The fourth-order valence-electron chi connectivity index (χ4n) is 6.97. The van der Waals surface area contributed by atoms with Gasteiger partial charge in [0, 0.05) is 18.3 Å². The molecule has 5 aliphatic carbocycles. The van der Waals surface area contributed by atoms with Crippen molar-refractivity contribution in [2.24, 2.45) is 41.4 Å². The molecule has 0 aromatic carbocycles. The molecule has 3 saturated carbocycles. The first-order valence-corrected chi connectivity index (χ1v) is 14.2. The topological polar surface area (TPSA) is 26.3 Å². The third-order valence-corrected chi connectivity index (χ3v) is 13.6. The summed E-state index contributed by atoms with van der Waals surface area (Å²) in [6.45, 7) is 11.8. The molecule has 5 rings (SSSR count). The van der Waals surface area contributed by atoms with Crippen LogP contribution in [0.2, 0.25) is 18.1 Å². The van der Waals surface area contributed by atoms with Gasteiger partial charge in [0.05, 0.1) is 5.76 Å². The number of Topliss-reactive ketones (excluding diaryl/α,β-unsaturated/α-hetero) is 1. The van der Waals surface area contributed by atoms with E-state index in [1.54, 1.807) is 5.57 Å². The highest BCUT2D eigenvalue weighted by atomic mass is 28.4. The van der Waals surface area contributed by atoms with Gasteiger partial charge < -0.3 is 4.43 Å². The van der Waals surface area contributed by atoms with Gasteiger partial charge in [-0.15, -0.1) is 0 Å². The van der Waals surface area contributed by atoms with E-state index >= 15 is 0 Å². The van der Waals surface area contributed by atoms with E-state index < -0.39 is 8.32 Å². The van der Waals surface area contributed by atoms with Gasteiger partial charge in [-0.25, -0.2) is 0 Å². The van der Waals surface area contributed by atoms with Crippen LogP contribution >= 0.6 is 0 Å². The molecule has 0 aromatic rings. The van der Waals surface area contributed by atoms with Crippen molar-refractivity contribution in [1.29, 1.82) is 0 Å². The molecule has 0 aromatic heterocycles. The Morgan fingerprint density at radius 3 is 2.56 bits per heavy atom. The van der Waals surface area contributed by atoms with Gasteiger partial charge >= 0.3 is 0 Å². The Morgan fingerprint density at radius 1 is 1.07 bits per heavy atom. The number of carbonyl (C=O) groups excluding carboxylic acids is 1. The molecule has 0 spiro atoms. The minimum atomic E-state index is -1.84. The summed E-state index contributed by atoms with van der Waals surface area (Å²) in [5, 5.41) is 0.227. The second-order valence-corrected chi connectivity index (χ2v) is 16.2. The maximum atomic E-state index is 13.5. The zero-order chi connectivity index (χ0) is 19.1. The Morgan fingerprint density at radius 2 is 1.81 bits per heavy atom. The van der Waals surface area contributed by atoms with Gasteiger partial charge in [0.15, 0.2) is 0 Å². The maximum Gasteiger partial charge on any atom is 0.250 e. The van der Waals surface area contributed by atoms with Gasteiger partial charge in [0.25, 0.3) is 0 Å². The average Bonchev–Trinajstić information content (AvgIpc) is 3.27. The molecule has 0 saturated heterocycles. The summed E-state index contributed by atoms with van der Waals surface area (Å²) in [5.74, 6) is 5.50. The molecular weight excluding hydrogens is 348 g/mol. The lowest BCUT2D eigenvalue weighted by atomic mass is 9.64. The van der Waals surface area contributed by atoms with Crippen molar-refractivity contribution in [3.05, 3.63) is 23.5 Å². The van der Waals surface area contributed by atoms with Crippen LogP contribution < -0.4 is 0 Å². The smallest absolute Gasteiger partial charge is 0.250 e. The molecule has 5 aliphatic rings. The maximum absolute atomic E-state index is 13.5. The first-order valence-electron chi connectivity index (χ1n) is 11.3. The van der Waals surface area contributed by atoms with Crippen molar-refractivity contribution in [2.75, 3.05) is 0 Å². The van der Waals surface area contributed by atoms with E-state index in [-0.39, 0.29) is 5.04 Å². The van der Waals surface area contributed by atoms with Gasteiger partial charge in [0.1, 0.15) is 5.78 Å². The van der Waals surface area contributed by atoms with Gasteiger partial charge in [0.2, 0.25) is 8.32 Å². The summed E-state index contributed by atoms with van der Waals surface area (Å²) in [6, 6.07) is 0. The second-order valence-electron chi connectivity index (χ2n) is 11.5. The molecule has 2 nitrogen and oxygen atoms in total. The molecule has 3 heteroatoms. The van der Waals surface area contributed by atoms with Crippen LogP contribution in [-0.4, -0.2) is 14.1 Å². The summed E-state index contributed by atoms with van der Waals surface area (Å²) in [5.41, 5.74) is 1.56. The number of rotatable bonds is 2. The molecule has 0 N–H and O–H groups in total. The molecule has 0 radical (unpaired) electrons. The van der Waals surface area contributed by atoms with Gasteiger partial charge in [-0.05, 0) is 79.0 Å². The standard InChI is InChI=1S/C24H36O2Si/c1-24(2,3)27(4,5)26-19-13-18-20-14-10-11-15(12-14)21(20)23(25)22(18)17-9-7-6-8-16(17)19/h10-11,14-15,17-18,20-22H,6-9,12-13H2,1-5H3/t14?,15?,17-,18-,20?,21?,22+/m1/s1. The predicted octanol–water partition coefficient (Wildman–Crippen LogP) is 6.11. The Labute approximate surface area is 166 Å². The van der Waals surface area contributed by atoms with Crippen LogP contribution in [0.15, 0.2) is 23.5 Å². The Balaban J connectivity index is 1.52. The zero-order valence-corrected chi connectivity index (χ0v) is 18.8. The normalized spacial score (nSPS) is 43.0. The number of ketones is 1. The second kappa shape index (κ2) is 5.84. The molecule has 0 amide bonds. The minimum absolute atomic E-state index is 0.227. The van der Waals surface area contributed by atoms with Crippen LogP contribution in [0, 0.1) is 41.4 Å². The molecule has 7 atom stereocenters. The summed E-state index contributed by atoms with van der Waals surface area (Å²) in [4.78, 5) is 13.5. The molecule has 2 bridgehead atoms. The fraction of sp³-hybridized carbons (Fsp3) is 0.792. The number of hydrogen-bond donors (Lipinski definition) is 0. The van der Waals surface area contributed by atoms with Crippen LogP contribution in [0.3, 0.4) is 0 Å². The number of hydrogen-bond acceptors (Lipinski definition) is 2. The highest BCUT2D eigenvalue weighted by molar-refractivity contribution is 6.74. The quantitative estimate of drug-likeness (QED) is 0.424. The van der Waals surface area contributed by atoms with Crippen molar-refractivity contribution in [3.63, 3.8) is 0 Å². The fourth-order valence-corrected chi connectivity index (χ4v) is 8.11. The lowest BCUT2D eigenvalue weighted by Gasteiger charge is -2.45. The SMILES string of the molecule is CC(C)(C)[Si](C)(C)OC1=C2CCCC[C@H]2[C@@H]2C(=O)C3C4C=CC(C4)C3[C@H]2C1. The monoisotopic (exact) mass is 384 g/mol. The minimum Gasteiger partial charge on any atom is -0.547 e. The molecule has 0 heterocycles. The van der Waals surface area contributed by atoms with Gasteiger partial charge in [-0.1, -0.05) is 39.3 Å². The van der Waals surface area contributed by atoms with E-state index in [4.69, 9.17) is 4.43 Å². The molecule has 0 aliphatic heterocycles. The molecular formula is C24H36O2Si. The number of fused-ring (bicyclic) bond motifs is 9. The van der Waals surface area contributed by atoms with E-state index in [1.165, 1.54) is 37.9 Å². The van der Waals surface area contributed by atoms with E-state index in [1.807, 2.05) is 0 Å². The van der Waals surface area contributed by atoms with Crippen molar-refractivity contribution in [1.82, 2.24) is 0 Å². The number of allylic oxidation sites excluding steroid dienone is 4. The van der Waals surface area contributed by atoms with Gasteiger partial charge in [-0.3, -0.25) is 4.79 Å². The summed E-state index contributed by atoms with van der Waals surface area (Å²) in [6.07, 6.45) is 12.1. The van der Waals surface area contributed by atoms with E-state index in [0.29, 0.717) is 47.2 Å². The third-order valence-electron chi connectivity index (χ3n) is 9.19. The lowest BCUT2D eigenvalue weighted by molar-refractivity contribution is -0.126. The third kappa shape index (κ3) is 2.52. The molecule has 3 fully saturated rings. The van der Waals surface area contributed by atoms with Crippen LogP contribution in [0.1, 0.15) is 59.3 Å². The highest BCUT2D eigenvalue weighted by Crippen LogP contribution is 2.64. The average molecular weight is 385 g/mol. The van der Waals surface area contributed by atoms with Crippen molar-refractivity contribution in [2.45, 2.75) is 77.4 Å².